The van der Waals surface area contributed by atoms with Crippen molar-refractivity contribution in [3.05, 3.63) is 136 Å². The Morgan fingerprint density at radius 2 is 1.56 bits per heavy atom. The summed E-state index contributed by atoms with van der Waals surface area (Å²) in [5, 5.41) is 12.1. The molecule has 0 radical (unpaired) electrons. The highest BCUT2D eigenvalue weighted by atomic mass is 16.6. The van der Waals surface area contributed by atoms with Gasteiger partial charge in [0.1, 0.15) is 12.7 Å². The summed E-state index contributed by atoms with van der Waals surface area (Å²) in [6.45, 7) is 0.765. The summed E-state index contributed by atoms with van der Waals surface area (Å²) < 4.78 is 11.8. The van der Waals surface area contributed by atoms with E-state index in [1.165, 1.54) is 24.3 Å². The zero-order valence-electron chi connectivity index (χ0n) is 23.2. The lowest BCUT2D eigenvalue weighted by molar-refractivity contribution is -0.384. The van der Waals surface area contributed by atoms with Crippen LogP contribution >= 0.6 is 0 Å². The quantitative estimate of drug-likeness (QED) is 0.126. The van der Waals surface area contributed by atoms with Crippen LogP contribution in [0.2, 0.25) is 0 Å². The molecule has 2 atom stereocenters. The number of piperidine rings is 1. The number of nitro groups is 1. The van der Waals surface area contributed by atoms with Crippen molar-refractivity contribution < 1.29 is 24.0 Å². The molecular weight excluding hydrogens is 546 g/mol. The zero-order valence-corrected chi connectivity index (χ0v) is 23.2. The predicted molar refractivity (Wildman–Crippen MR) is 162 cm³/mol. The SMILES string of the molecule is O=C(O[C@H]1CCN(C(=O)OCc2ccccc2)C[C@@H]1c1c(-c2ccccc2)[nH]c2ccccc12)c1ccc([N+](=O)[O-])cc1. The van der Waals surface area contributed by atoms with Gasteiger partial charge in [-0.15, -0.1) is 0 Å². The van der Waals surface area contributed by atoms with E-state index in [9.17, 15) is 19.7 Å². The van der Waals surface area contributed by atoms with Crippen molar-refractivity contribution in [3.8, 4) is 11.3 Å². The van der Waals surface area contributed by atoms with Gasteiger partial charge in [0.25, 0.3) is 5.69 Å². The second-order valence-corrected chi connectivity index (χ2v) is 10.5. The highest BCUT2D eigenvalue weighted by Crippen LogP contribution is 2.41. The first-order valence-corrected chi connectivity index (χ1v) is 14.0. The van der Waals surface area contributed by atoms with Crippen LogP contribution in [0.1, 0.15) is 33.8 Å². The third-order valence-electron chi connectivity index (χ3n) is 7.76. The Bertz CT molecular complexity index is 1750. The summed E-state index contributed by atoms with van der Waals surface area (Å²) >= 11 is 0. The van der Waals surface area contributed by atoms with Gasteiger partial charge in [0.15, 0.2) is 0 Å². The molecule has 1 fully saturated rings. The molecule has 1 N–H and O–H groups in total. The predicted octanol–water partition coefficient (Wildman–Crippen LogP) is 7.09. The second-order valence-electron chi connectivity index (χ2n) is 10.5. The van der Waals surface area contributed by atoms with E-state index in [2.05, 4.69) is 4.98 Å². The average molecular weight is 576 g/mol. The highest BCUT2D eigenvalue weighted by molar-refractivity contribution is 5.92. The number of hydrogen-bond donors (Lipinski definition) is 1. The van der Waals surface area contributed by atoms with Crippen molar-refractivity contribution in [2.45, 2.75) is 25.0 Å². The number of aromatic amines is 1. The Hall–Kier alpha value is -5.44. The molecule has 1 aromatic heterocycles. The van der Waals surface area contributed by atoms with Gasteiger partial charge in [-0.05, 0) is 34.9 Å². The summed E-state index contributed by atoms with van der Waals surface area (Å²) in [4.78, 5) is 42.4. The van der Waals surface area contributed by atoms with Crippen molar-refractivity contribution in [2.24, 2.45) is 0 Å². The van der Waals surface area contributed by atoms with Crippen LogP contribution in [-0.4, -0.2) is 46.1 Å². The van der Waals surface area contributed by atoms with Crippen LogP contribution in [0.5, 0.6) is 0 Å². The van der Waals surface area contributed by atoms with Gasteiger partial charge in [-0.1, -0.05) is 78.9 Å². The lowest BCUT2D eigenvalue weighted by atomic mass is 9.84. The van der Waals surface area contributed by atoms with Crippen LogP contribution in [0.3, 0.4) is 0 Å². The monoisotopic (exact) mass is 575 g/mol. The highest BCUT2D eigenvalue weighted by Gasteiger charge is 2.38. The summed E-state index contributed by atoms with van der Waals surface area (Å²) in [6.07, 6.45) is -0.616. The van der Waals surface area contributed by atoms with E-state index < -0.39 is 23.1 Å². The Kier molecular flexibility index (Phi) is 7.86. The number of rotatable bonds is 7. The van der Waals surface area contributed by atoms with Gasteiger partial charge in [-0.25, -0.2) is 9.59 Å². The first kappa shape index (κ1) is 27.7. The minimum absolute atomic E-state index is 0.108. The minimum Gasteiger partial charge on any atom is -0.458 e. The number of carbonyl (C=O) groups is 2. The Morgan fingerprint density at radius 3 is 2.28 bits per heavy atom. The molecule has 1 saturated heterocycles. The number of non-ortho nitro benzene ring substituents is 1. The summed E-state index contributed by atoms with van der Waals surface area (Å²) in [5.74, 6) is -0.961. The third-order valence-corrected chi connectivity index (χ3v) is 7.76. The maximum absolute atomic E-state index is 13.3. The number of amides is 1. The number of nitrogens with one attached hydrogen (secondary N) is 1. The fraction of sp³-hybridized carbons (Fsp3) is 0.176. The van der Waals surface area contributed by atoms with Gasteiger partial charge in [-0.2, -0.15) is 0 Å². The van der Waals surface area contributed by atoms with E-state index in [1.807, 2.05) is 84.9 Å². The van der Waals surface area contributed by atoms with E-state index in [1.54, 1.807) is 4.90 Å². The van der Waals surface area contributed by atoms with E-state index in [0.717, 1.165) is 33.3 Å². The number of esters is 1. The second kappa shape index (κ2) is 12.2. The van der Waals surface area contributed by atoms with Crippen LogP contribution < -0.4 is 0 Å². The fourth-order valence-electron chi connectivity index (χ4n) is 5.63. The number of carbonyl (C=O) groups excluding carboxylic acids is 2. The molecule has 0 bridgehead atoms. The number of benzene rings is 4. The van der Waals surface area contributed by atoms with E-state index in [-0.39, 0.29) is 30.3 Å². The standard InChI is InChI=1S/C34H29N3O6/c38-33(25-15-17-26(18-16-25)37(40)41)43-30-19-20-36(34(39)42-22-23-9-3-1-4-10-23)21-28(30)31-27-13-7-8-14-29(27)35-32(31)24-11-5-2-6-12-24/h1-18,28,30,35H,19-22H2/t28-,30-/m0/s1. The molecule has 9 nitrogen and oxygen atoms in total. The van der Waals surface area contributed by atoms with Crippen LogP contribution in [0.15, 0.2) is 109 Å². The molecule has 0 aliphatic carbocycles. The van der Waals surface area contributed by atoms with Crippen LogP contribution in [0, 0.1) is 10.1 Å². The van der Waals surface area contributed by atoms with Crippen molar-refractivity contribution in [1.82, 2.24) is 9.88 Å². The molecule has 6 rings (SSSR count). The maximum Gasteiger partial charge on any atom is 0.410 e. The number of fused-ring (bicyclic) bond motifs is 1. The van der Waals surface area contributed by atoms with Crippen LogP contribution in [-0.2, 0) is 16.1 Å². The molecule has 1 amide bonds. The van der Waals surface area contributed by atoms with Gasteiger partial charge in [-0.3, -0.25) is 10.1 Å². The van der Waals surface area contributed by atoms with Crippen LogP contribution in [0.25, 0.3) is 22.2 Å². The molecule has 9 heteroatoms. The number of aromatic nitrogens is 1. The molecule has 0 spiro atoms. The number of hydrogen-bond acceptors (Lipinski definition) is 6. The van der Waals surface area contributed by atoms with Gasteiger partial charge in [0.05, 0.1) is 16.2 Å². The molecule has 1 aliphatic heterocycles. The topological polar surface area (TPSA) is 115 Å². The molecule has 0 unspecified atom stereocenters. The van der Waals surface area contributed by atoms with E-state index >= 15 is 0 Å². The third kappa shape index (κ3) is 5.97. The molecule has 1 aliphatic rings. The molecule has 0 saturated carbocycles. The lowest BCUT2D eigenvalue weighted by Gasteiger charge is -2.38. The molecular formula is C34H29N3O6. The fourth-order valence-corrected chi connectivity index (χ4v) is 5.63. The smallest absolute Gasteiger partial charge is 0.410 e. The largest absolute Gasteiger partial charge is 0.458 e. The summed E-state index contributed by atoms with van der Waals surface area (Å²) in [7, 11) is 0. The molecule has 216 valence electrons. The number of para-hydroxylation sites is 1. The molecule has 43 heavy (non-hydrogen) atoms. The summed E-state index contributed by atoms with van der Waals surface area (Å²) in [6, 6.07) is 32.7. The van der Waals surface area contributed by atoms with Crippen molar-refractivity contribution >= 4 is 28.7 Å². The average Bonchev–Trinajstić information content (AvgIpc) is 3.44. The number of nitrogens with zero attached hydrogens (tertiary/aromatic N) is 2. The number of H-pyrrole nitrogens is 1. The van der Waals surface area contributed by atoms with Crippen molar-refractivity contribution in [2.75, 3.05) is 13.1 Å². The first-order chi connectivity index (χ1) is 21.0. The normalized spacial score (nSPS) is 16.5. The van der Waals surface area contributed by atoms with E-state index in [4.69, 9.17) is 9.47 Å². The van der Waals surface area contributed by atoms with Crippen LogP contribution in [0.4, 0.5) is 10.5 Å². The van der Waals surface area contributed by atoms with Gasteiger partial charge in [0.2, 0.25) is 0 Å². The Balaban J connectivity index is 1.34. The van der Waals surface area contributed by atoms with Crippen molar-refractivity contribution in [1.29, 1.82) is 0 Å². The van der Waals surface area contributed by atoms with Gasteiger partial charge in [0, 0.05) is 48.5 Å². The Labute approximate surface area is 247 Å². The summed E-state index contributed by atoms with van der Waals surface area (Å²) in [5.41, 5.74) is 4.74. The van der Waals surface area contributed by atoms with Gasteiger partial charge >= 0.3 is 12.1 Å². The van der Waals surface area contributed by atoms with Crippen molar-refractivity contribution in [3.63, 3.8) is 0 Å². The number of nitro benzene ring substituents is 1. The molecule has 5 aromatic rings. The van der Waals surface area contributed by atoms with E-state index in [0.29, 0.717) is 13.0 Å². The Morgan fingerprint density at radius 1 is 0.884 bits per heavy atom. The minimum atomic E-state index is -0.578. The first-order valence-electron chi connectivity index (χ1n) is 14.0. The zero-order chi connectivity index (χ0) is 29.8. The number of likely N-dealkylation sites (tertiary alicyclic amines) is 1. The molecule has 2 heterocycles. The maximum atomic E-state index is 13.3. The number of ether oxygens (including phenoxy) is 2. The molecule has 4 aromatic carbocycles. The van der Waals surface area contributed by atoms with Gasteiger partial charge < -0.3 is 19.4 Å². The lowest BCUT2D eigenvalue weighted by Crippen LogP contribution is -2.46.